The van der Waals surface area contributed by atoms with Gasteiger partial charge in [0.2, 0.25) is 5.91 Å². The van der Waals surface area contributed by atoms with Crippen LogP contribution < -0.4 is 9.47 Å². The Morgan fingerprint density at radius 2 is 1.86 bits per heavy atom. The van der Waals surface area contributed by atoms with E-state index in [1.165, 1.54) is 0 Å². The van der Waals surface area contributed by atoms with Crippen LogP contribution in [0.15, 0.2) is 53.4 Å². The van der Waals surface area contributed by atoms with Crippen LogP contribution in [0.3, 0.4) is 0 Å². The van der Waals surface area contributed by atoms with Gasteiger partial charge in [-0.15, -0.1) is 0 Å². The van der Waals surface area contributed by atoms with Crippen LogP contribution in [-0.4, -0.2) is 42.0 Å². The number of carbonyl (C=O) groups excluding carboxylic acids is 1. The van der Waals surface area contributed by atoms with Crippen molar-refractivity contribution in [3.63, 3.8) is 0 Å². The second-order valence-electron chi connectivity index (χ2n) is 6.74. The fourth-order valence-electron chi connectivity index (χ4n) is 2.76. The molecule has 0 aromatic heterocycles. The van der Waals surface area contributed by atoms with Gasteiger partial charge in [0, 0.05) is 35.1 Å². The molecule has 0 N–H and O–H groups in total. The summed E-state index contributed by atoms with van der Waals surface area (Å²) in [6.07, 6.45) is 5.88. The molecular weight excluding hydrogens is 386 g/mol. The van der Waals surface area contributed by atoms with Gasteiger partial charge in [0.15, 0.2) is 11.5 Å². The van der Waals surface area contributed by atoms with Crippen LogP contribution in [0.25, 0.3) is 6.08 Å². The van der Waals surface area contributed by atoms with Crippen molar-refractivity contribution in [1.82, 2.24) is 4.90 Å². The van der Waals surface area contributed by atoms with E-state index in [1.54, 1.807) is 37.5 Å². The van der Waals surface area contributed by atoms with Crippen LogP contribution in [0.5, 0.6) is 11.5 Å². The molecule has 2 rings (SSSR count). The summed E-state index contributed by atoms with van der Waals surface area (Å²) in [6.45, 7) is 4.64. The first-order chi connectivity index (χ1) is 13.9. The standard InChI is InChI=1S/C23H29NO4S/c1-6-15-28-21-13-7-18(16-22(21)27-4)8-14-23(25)24(3)17(2)19-9-11-20(12-10-19)29(5)26/h7-14,16-17H,6,15H2,1-5H3/b14-8-/t17-,29+/m1/s1. The van der Waals surface area contributed by atoms with Crippen molar-refractivity contribution in [2.75, 3.05) is 27.0 Å². The fourth-order valence-corrected chi connectivity index (χ4v) is 3.28. The Kier molecular flexibility index (Phi) is 8.46. The minimum absolute atomic E-state index is 0.106. The van der Waals surface area contributed by atoms with E-state index in [2.05, 4.69) is 0 Å². The first kappa shape index (κ1) is 22.7. The molecule has 0 heterocycles. The van der Waals surface area contributed by atoms with Crippen molar-refractivity contribution in [1.29, 1.82) is 0 Å². The lowest BCUT2D eigenvalue weighted by Crippen LogP contribution is -2.27. The highest BCUT2D eigenvalue weighted by molar-refractivity contribution is 7.84. The lowest BCUT2D eigenvalue weighted by atomic mass is 10.1. The zero-order valence-corrected chi connectivity index (χ0v) is 18.5. The summed E-state index contributed by atoms with van der Waals surface area (Å²) in [4.78, 5) is 15.0. The molecule has 0 aliphatic heterocycles. The molecule has 0 aliphatic carbocycles. The van der Waals surface area contributed by atoms with Gasteiger partial charge in [-0.3, -0.25) is 9.00 Å². The van der Waals surface area contributed by atoms with Gasteiger partial charge in [-0.05, 0) is 54.8 Å². The molecule has 6 heteroatoms. The third-order valence-electron chi connectivity index (χ3n) is 4.69. The first-order valence-corrected chi connectivity index (χ1v) is 11.1. The zero-order valence-electron chi connectivity index (χ0n) is 17.7. The summed E-state index contributed by atoms with van der Waals surface area (Å²) in [5, 5.41) is 0. The van der Waals surface area contributed by atoms with E-state index in [0.29, 0.717) is 18.1 Å². The van der Waals surface area contributed by atoms with Gasteiger partial charge in [0.1, 0.15) is 0 Å². The number of nitrogens with zero attached hydrogens (tertiary/aromatic N) is 1. The predicted molar refractivity (Wildman–Crippen MR) is 118 cm³/mol. The normalized spacial score (nSPS) is 13.1. The van der Waals surface area contributed by atoms with E-state index in [9.17, 15) is 9.00 Å². The van der Waals surface area contributed by atoms with Gasteiger partial charge >= 0.3 is 0 Å². The van der Waals surface area contributed by atoms with Crippen molar-refractivity contribution >= 4 is 22.8 Å². The van der Waals surface area contributed by atoms with Crippen LogP contribution in [-0.2, 0) is 15.6 Å². The topological polar surface area (TPSA) is 55.8 Å². The molecule has 2 aromatic rings. The van der Waals surface area contributed by atoms with Crippen LogP contribution in [0.1, 0.15) is 37.4 Å². The number of rotatable bonds is 9. The van der Waals surface area contributed by atoms with Crippen molar-refractivity contribution < 1.29 is 18.5 Å². The van der Waals surface area contributed by atoms with E-state index >= 15 is 0 Å². The molecular formula is C23H29NO4S. The van der Waals surface area contributed by atoms with Crippen LogP contribution >= 0.6 is 0 Å². The first-order valence-electron chi connectivity index (χ1n) is 9.56. The highest BCUT2D eigenvalue weighted by Gasteiger charge is 2.15. The highest BCUT2D eigenvalue weighted by atomic mass is 32.2. The lowest BCUT2D eigenvalue weighted by Gasteiger charge is -2.24. The largest absolute Gasteiger partial charge is 0.493 e. The summed E-state index contributed by atoms with van der Waals surface area (Å²) in [5.41, 5.74) is 1.84. The minimum atomic E-state index is -1.01. The third kappa shape index (κ3) is 6.19. The second kappa shape index (κ2) is 10.8. The van der Waals surface area contributed by atoms with Gasteiger partial charge in [-0.2, -0.15) is 0 Å². The maximum Gasteiger partial charge on any atom is 0.246 e. The Hall–Kier alpha value is -2.60. The quantitative estimate of drug-likeness (QED) is 0.568. The Morgan fingerprint density at radius 1 is 1.17 bits per heavy atom. The molecule has 156 valence electrons. The molecule has 5 nitrogen and oxygen atoms in total. The SMILES string of the molecule is CCCOc1ccc(/C=C\C(=O)N(C)[C@H](C)c2ccc([S@](C)=O)cc2)cc1OC. The van der Waals surface area contributed by atoms with E-state index in [0.717, 1.165) is 22.4 Å². The predicted octanol–water partition coefficient (Wildman–Crippen LogP) is 4.45. The third-order valence-corrected chi connectivity index (χ3v) is 5.63. The summed E-state index contributed by atoms with van der Waals surface area (Å²) in [6, 6.07) is 13.0. The van der Waals surface area contributed by atoms with Crippen LogP contribution in [0.2, 0.25) is 0 Å². The summed E-state index contributed by atoms with van der Waals surface area (Å²) >= 11 is 0. The number of likely N-dealkylation sites (N-methyl/N-ethyl adjacent to an activating group) is 1. The van der Waals surface area contributed by atoms with Gasteiger partial charge < -0.3 is 14.4 Å². The van der Waals surface area contributed by atoms with Crippen molar-refractivity contribution in [3.8, 4) is 11.5 Å². The number of amides is 1. The van der Waals surface area contributed by atoms with Crippen molar-refractivity contribution in [2.24, 2.45) is 0 Å². The van der Waals surface area contributed by atoms with Gasteiger partial charge in [0.25, 0.3) is 0 Å². The summed E-state index contributed by atoms with van der Waals surface area (Å²) < 4.78 is 22.6. The molecule has 0 saturated heterocycles. The van der Waals surface area contributed by atoms with E-state index in [1.807, 2.05) is 56.3 Å². The maximum absolute atomic E-state index is 12.6. The van der Waals surface area contributed by atoms with Crippen molar-refractivity contribution in [3.05, 3.63) is 59.7 Å². The molecule has 1 amide bonds. The summed E-state index contributed by atoms with van der Waals surface area (Å²) in [7, 11) is 2.36. The fraction of sp³-hybridized carbons (Fsp3) is 0.348. The maximum atomic E-state index is 12.6. The van der Waals surface area contributed by atoms with Crippen molar-refractivity contribution in [2.45, 2.75) is 31.2 Å². The number of carbonyl (C=O) groups is 1. The minimum Gasteiger partial charge on any atom is -0.493 e. The lowest BCUT2D eigenvalue weighted by molar-refractivity contribution is -0.126. The molecule has 0 unspecified atom stereocenters. The molecule has 2 atom stereocenters. The van der Waals surface area contributed by atoms with E-state index in [4.69, 9.17) is 9.47 Å². The van der Waals surface area contributed by atoms with Crippen LogP contribution in [0.4, 0.5) is 0 Å². The van der Waals surface area contributed by atoms with Gasteiger partial charge in [-0.1, -0.05) is 25.1 Å². The average Bonchev–Trinajstić information content (AvgIpc) is 2.75. The number of hydrogen-bond donors (Lipinski definition) is 0. The summed E-state index contributed by atoms with van der Waals surface area (Å²) in [5.74, 6) is 1.23. The molecule has 2 aromatic carbocycles. The molecule has 29 heavy (non-hydrogen) atoms. The smallest absolute Gasteiger partial charge is 0.246 e. The molecule has 0 saturated carbocycles. The number of methoxy groups -OCH3 is 1. The molecule has 0 spiro atoms. The zero-order chi connectivity index (χ0) is 21.4. The average molecular weight is 416 g/mol. The second-order valence-corrected chi connectivity index (χ2v) is 8.12. The van der Waals surface area contributed by atoms with Gasteiger partial charge in [0.05, 0.1) is 19.8 Å². The Labute approximate surface area is 175 Å². The monoisotopic (exact) mass is 415 g/mol. The molecule has 0 radical (unpaired) electrons. The van der Waals surface area contributed by atoms with E-state index in [-0.39, 0.29) is 11.9 Å². The van der Waals surface area contributed by atoms with Gasteiger partial charge in [-0.25, -0.2) is 0 Å². The number of hydrogen-bond acceptors (Lipinski definition) is 4. The molecule has 0 bridgehead atoms. The highest BCUT2D eigenvalue weighted by Crippen LogP contribution is 2.29. The number of benzene rings is 2. The van der Waals surface area contributed by atoms with Crippen LogP contribution in [0, 0.1) is 0 Å². The Morgan fingerprint density at radius 3 is 2.45 bits per heavy atom. The molecule has 0 aliphatic rings. The van der Waals surface area contributed by atoms with E-state index < -0.39 is 10.8 Å². The Balaban J connectivity index is 2.07. The molecule has 0 fully saturated rings. The Bertz CT molecular complexity index is 877. The number of ether oxygens (including phenoxy) is 2.